The maximum Gasteiger partial charge on any atom is 0.416 e. The lowest BCUT2D eigenvalue weighted by molar-refractivity contribution is -0.139. The SMILES string of the molecule is CC[C@](C)(CCC(=O)O)CC(=O)N1C(=O)OC[C@@H]1C(C)C. The van der Waals surface area contributed by atoms with E-state index in [2.05, 4.69) is 0 Å². The quantitative estimate of drug-likeness (QED) is 0.781. The van der Waals surface area contributed by atoms with Crippen LogP contribution in [0.5, 0.6) is 0 Å². The first-order valence-corrected chi connectivity index (χ1v) is 7.41. The van der Waals surface area contributed by atoms with Crippen LogP contribution in [0.1, 0.15) is 53.4 Å². The van der Waals surface area contributed by atoms with E-state index in [1.54, 1.807) is 0 Å². The first-order valence-electron chi connectivity index (χ1n) is 7.41. The van der Waals surface area contributed by atoms with Gasteiger partial charge in [-0.25, -0.2) is 9.69 Å². The van der Waals surface area contributed by atoms with E-state index in [0.717, 1.165) is 0 Å². The van der Waals surface area contributed by atoms with Crippen LogP contribution in [0, 0.1) is 11.3 Å². The molecule has 0 aromatic heterocycles. The van der Waals surface area contributed by atoms with Crippen LogP contribution in [0.25, 0.3) is 0 Å². The number of carbonyl (C=O) groups excluding carboxylic acids is 2. The van der Waals surface area contributed by atoms with E-state index in [0.29, 0.717) is 12.8 Å². The van der Waals surface area contributed by atoms with Gasteiger partial charge in [0.05, 0.1) is 6.04 Å². The van der Waals surface area contributed by atoms with Crippen molar-refractivity contribution in [1.82, 2.24) is 4.90 Å². The number of hydrogen-bond acceptors (Lipinski definition) is 4. The first kappa shape index (κ1) is 17.5. The lowest BCUT2D eigenvalue weighted by Crippen LogP contribution is -2.43. The number of hydrogen-bond donors (Lipinski definition) is 1. The summed E-state index contributed by atoms with van der Waals surface area (Å²) >= 11 is 0. The number of carbonyl (C=O) groups is 3. The van der Waals surface area contributed by atoms with Crippen molar-refractivity contribution < 1.29 is 24.2 Å². The van der Waals surface area contributed by atoms with Gasteiger partial charge in [-0.2, -0.15) is 0 Å². The van der Waals surface area contributed by atoms with E-state index in [1.807, 2.05) is 27.7 Å². The molecular formula is C15H25NO5. The van der Waals surface area contributed by atoms with Gasteiger partial charge in [0, 0.05) is 12.8 Å². The molecule has 1 N–H and O–H groups in total. The first-order chi connectivity index (χ1) is 9.70. The van der Waals surface area contributed by atoms with Crippen LogP contribution >= 0.6 is 0 Å². The average Bonchev–Trinajstić information content (AvgIpc) is 2.78. The third-order valence-corrected chi connectivity index (χ3v) is 4.32. The van der Waals surface area contributed by atoms with Gasteiger partial charge in [0.1, 0.15) is 6.61 Å². The van der Waals surface area contributed by atoms with E-state index in [1.165, 1.54) is 4.90 Å². The van der Waals surface area contributed by atoms with Gasteiger partial charge in [-0.05, 0) is 17.8 Å². The third kappa shape index (κ3) is 4.44. The van der Waals surface area contributed by atoms with Crippen LogP contribution in [0.15, 0.2) is 0 Å². The van der Waals surface area contributed by atoms with Crippen LogP contribution in [-0.2, 0) is 14.3 Å². The van der Waals surface area contributed by atoms with Crippen molar-refractivity contribution in [2.45, 2.75) is 59.4 Å². The highest BCUT2D eigenvalue weighted by Gasteiger charge is 2.41. The normalized spacial score (nSPS) is 21.3. The zero-order chi connectivity index (χ0) is 16.2. The topological polar surface area (TPSA) is 83.9 Å². The predicted octanol–water partition coefficient (Wildman–Crippen LogP) is 2.66. The summed E-state index contributed by atoms with van der Waals surface area (Å²) in [6.07, 6.45) is 0.696. The van der Waals surface area contributed by atoms with Crippen LogP contribution in [0.4, 0.5) is 4.79 Å². The van der Waals surface area contributed by atoms with Gasteiger partial charge in [0.15, 0.2) is 0 Å². The van der Waals surface area contributed by atoms with Gasteiger partial charge in [0.25, 0.3) is 0 Å². The molecule has 21 heavy (non-hydrogen) atoms. The molecule has 1 saturated heterocycles. The standard InChI is InChI=1S/C15H25NO5/c1-5-15(4,7-6-13(18)19)8-12(17)16-11(10(2)3)9-21-14(16)20/h10-11H,5-9H2,1-4H3,(H,18,19)/t11-,15-/m1/s1. The lowest BCUT2D eigenvalue weighted by atomic mass is 9.79. The van der Waals surface area contributed by atoms with E-state index < -0.39 is 17.5 Å². The predicted molar refractivity (Wildman–Crippen MR) is 76.7 cm³/mol. The van der Waals surface area contributed by atoms with Crippen molar-refractivity contribution >= 4 is 18.0 Å². The molecule has 0 saturated carbocycles. The third-order valence-electron chi connectivity index (χ3n) is 4.32. The number of carboxylic acid groups (broad SMARTS) is 1. The summed E-state index contributed by atoms with van der Waals surface area (Å²) in [5.74, 6) is -1.01. The van der Waals surface area contributed by atoms with Crippen molar-refractivity contribution in [1.29, 1.82) is 0 Å². The highest BCUT2D eigenvalue weighted by atomic mass is 16.6. The van der Waals surface area contributed by atoms with Crippen LogP contribution in [-0.4, -0.2) is 40.6 Å². The van der Waals surface area contributed by atoms with Crippen molar-refractivity contribution in [2.24, 2.45) is 11.3 Å². The number of aliphatic carboxylic acids is 1. The molecule has 6 nitrogen and oxygen atoms in total. The molecule has 1 aliphatic rings. The van der Waals surface area contributed by atoms with Crippen LogP contribution in [0.2, 0.25) is 0 Å². The summed E-state index contributed by atoms with van der Waals surface area (Å²) in [6, 6.07) is -0.231. The van der Waals surface area contributed by atoms with Gasteiger partial charge in [-0.3, -0.25) is 9.59 Å². The molecule has 2 amide bonds. The van der Waals surface area contributed by atoms with Crippen molar-refractivity contribution in [3.05, 3.63) is 0 Å². The largest absolute Gasteiger partial charge is 0.481 e. The second-order valence-corrected chi connectivity index (χ2v) is 6.39. The minimum atomic E-state index is -0.872. The van der Waals surface area contributed by atoms with Crippen molar-refractivity contribution in [3.8, 4) is 0 Å². The highest BCUT2D eigenvalue weighted by molar-refractivity contribution is 5.93. The number of ether oxygens (including phenoxy) is 1. The van der Waals surface area contributed by atoms with Gasteiger partial charge < -0.3 is 9.84 Å². The monoisotopic (exact) mass is 299 g/mol. The second-order valence-electron chi connectivity index (χ2n) is 6.39. The number of cyclic esters (lactones) is 1. The number of amides is 2. The highest BCUT2D eigenvalue weighted by Crippen LogP contribution is 2.33. The average molecular weight is 299 g/mol. The zero-order valence-corrected chi connectivity index (χ0v) is 13.2. The fraction of sp³-hybridized carbons (Fsp3) is 0.800. The molecule has 0 aromatic rings. The maximum absolute atomic E-state index is 12.5. The molecule has 0 unspecified atom stereocenters. The van der Waals surface area contributed by atoms with Gasteiger partial charge in [-0.1, -0.05) is 34.1 Å². The number of carboxylic acids is 1. The Labute approximate surface area is 125 Å². The molecule has 6 heteroatoms. The minimum absolute atomic E-state index is 0.0235. The van der Waals surface area contributed by atoms with Crippen molar-refractivity contribution in [3.63, 3.8) is 0 Å². The molecular weight excluding hydrogens is 274 g/mol. The molecule has 120 valence electrons. The Morgan fingerprint density at radius 3 is 2.57 bits per heavy atom. The molecule has 0 aromatic carbocycles. The molecule has 0 aliphatic carbocycles. The molecule has 1 heterocycles. The van der Waals surface area contributed by atoms with Crippen molar-refractivity contribution in [2.75, 3.05) is 6.61 Å². The summed E-state index contributed by atoms with van der Waals surface area (Å²) < 4.78 is 4.98. The summed E-state index contributed by atoms with van der Waals surface area (Å²) in [7, 11) is 0. The van der Waals surface area contributed by atoms with E-state index in [-0.39, 0.29) is 37.3 Å². The fourth-order valence-corrected chi connectivity index (χ4v) is 2.46. The Morgan fingerprint density at radius 2 is 2.10 bits per heavy atom. The van der Waals surface area contributed by atoms with Crippen LogP contribution in [0.3, 0.4) is 0 Å². The Morgan fingerprint density at radius 1 is 1.48 bits per heavy atom. The fourth-order valence-electron chi connectivity index (χ4n) is 2.46. The molecule has 0 spiro atoms. The Balaban J connectivity index is 2.77. The molecule has 1 rings (SSSR count). The maximum atomic E-state index is 12.5. The molecule has 1 fully saturated rings. The lowest BCUT2D eigenvalue weighted by Gasteiger charge is -2.30. The van der Waals surface area contributed by atoms with E-state index in [4.69, 9.17) is 9.84 Å². The number of imide groups is 1. The summed E-state index contributed by atoms with van der Waals surface area (Å²) in [6.45, 7) is 7.93. The summed E-state index contributed by atoms with van der Waals surface area (Å²) in [5.41, 5.74) is -0.417. The molecule has 2 atom stereocenters. The molecule has 1 aliphatic heterocycles. The summed E-state index contributed by atoms with van der Waals surface area (Å²) in [5, 5.41) is 8.81. The zero-order valence-electron chi connectivity index (χ0n) is 13.2. The van der Waals surface area contributed by atoms with Gasteiger partial charge >= 0.3 is 12.1 Å². The smallest absolute Gasteiger partial charge is 0.416 e. The number of rotatable bonds is 7. The minimum Gasteiger partial charge on any atom is -0.481 e. The molecule has 0 bridgehead atoms. The summed E-state index contributed by atoms with van der Waals surface area (Å²) in [4.78, 5) is 36.2. The second kappa shape index (κ2) is 6.91. The Hall–Kier alpha value is -1.59. The molecule has 0 radical (unpaired) electrons. The van der Waals surface area contributed by atoms with Gasteiger partial charge in [-0.15, -0.1) is 0 Å². The van der Waals surface area contributed by atoms with E-state index in [9.17, 15) is 14.4 Å². The Bertz CT molecular complexity index is 420. The van der Waals surface area contributed by atoms with Gasteiger partial charge in [0.2, 0.25) is 5.91 Å². The van der Waals surface area contributed by atoms with Crippen LogP contribution < -0.4 is 0 Å². The number of nitrogens with zero attached hydrogens (tertiary/aromatic N) is 1. The van der Waals surface area contributed by atoms with E-state index >= 15 is 0 Å². The Kier molecular flexibility index (Phi) is 5.75.